The number of hydrogen-bond acceptors (Lipinski definition) is 4. The van der Waals surface area contributed by atoms with Gasteiger partial charge in [-0.1, -0.05) is 13.8 Å². The van der Waals surface area contributed by atoms with Crippen molar-refractivity contribution in [3.05, 3.63) is 11.1 Å². The minimum atomic E-state index is -6.81. The zero-order chi connectivity index (χ0) is 17.4. The molecule has 0 spiro atoms. The number of carbonyl (C=O) groups excluding carboxylic acids is 2. The first-order valence-electron chi connectivity index (χ1n) is 5.08. The molecule has 0 atom stereocenters. The number of alkyl halides is 7. The Morgan fingerprint density at radius 1 is 0.857 bits per heavy atom. The first-order chi connectivity index (χ1) is 9.09. The third kappa shape index (κ3) is 3.27. The predicted molar refractivity (Wildman–Crippen MR) is 47.8 cm³/mol. The number of carbonyl (C=O) groups is 2. The molecule has 0 radical (unpaired) electrons. The van der Waals surface area contributed by atoms with Gasteiger partial charge in [-0.2, -0.15) is 30.7 Å². The minimum Gasteiger partial charge on any atom is -0.545 e. The summed E-state index contributed by atoms with van der Waals surface area (Å²) in [5.41, 5.74) is -4.89. The molecule has 0 fully saturated rings. The average Bonchev–Trinajstić information content (AvgIpc) is 2.21. The van der Waals surface area contributed by atoms with Crippen molar-refractivity contribution in [1.82, 2.24) is 0 Å². The zero-order valence-electron chi connectivity index (χ0n) is 10.4. The Morgan fingerprint density at radius 3 is 1.43 bits per heavy atom. The molecule has 0 amide bonds. The second kappa shape index (κ2) is 5.53. The summed E-state index contributed by atoms with van der Waals surface area (Å²) in [5, 5.41) is 21.1. The Bertz CT molecular complexity index is 476. The van der Waals surface area contributed by atoms with Gasteiger partial charge in [-0.3, -0.25) is 0 Å². The van der Waals surface area contributed by atoms with Crippen LogP contribution in [-0.4, -0.2) is 30.0 Å². The lowest BCUT2D eigenvalue weighted by atomic mass is 9.90. The summed E-state index contributed by atoms with van der Waals surface area (Å²) >= 11 is 0. The SMILES string of the molecule is CC(C)/C(C(=O)[O-])=C(\C(=O)[O-])C(F)(F)C(F)(F)C(F)(F)F. The van der Waals surface area contributed by atoms with Gasteiger partial charge < -0.3 is 19.8 Å². The molecule has 11 heteroatoms. The van der Waals surface area contributed by atoms with Gasteiger partial charge in [-0.25, -0.2) is 0 Å². The summed E-state index contributed by atoms with van der Waals surface area (Å²) in [5.74, 6) is -20.6. The van der Waals surface area contributed by atoms with Gasteiger partial charge in [0, 0.05) is 0 Å². The van der Waals surface area contributed by atoms with Crippen LogP contribution in [0, 0.1) is 5.92 Å². The lowest BCUT2D eigenvalue weighted by Crippen LogP contribution is -2.56. The molecule has 122 valence electrons. The van der Waals surface area contributed by atoms with Crippen molar-refractivity contribution in [3.63, 3.8) is 0 Å². The number of aliphatic carboxylic acids is 2. The van der Waals surface area contributed by atoms with E-state index in [1.165, 1.54) is 0 Å². The van der Waals surface area contributed by atoms with E-state index in [9.17, 15) is 50.5 Å². The van der Waals surface area contributed by atoms with Crippen molar-refractivity contribution in [1.29, 1.82) is 0 Å². The van der Waals surface area contributed by atoms with Gasteiger partial charge in [0.15, 0.2) is 0 Å². The van der Waals surface area contributed by atoms with Crippen molar-refractivity contribution in [2.45, 2.75) is 31.9 Å². The first kappa shape index (κ1) is 19.2. The third-order valence-electron chi connectivity index (χ3n) is 2.34. The molecule has 0 unspecified atom stereocenters. The van der Waals surface area contributed by atoms with E-state index >= 15 is 0 Å². The number of carboxylic acid groups (broad SMARTS) is 2. The fourth-order valence-electron chi connectivity index (χ4n) is 1.37. The summed E-state index contributed by atoms with van der Waals surface area (Å²) in [6.07, 6.45) is -6.81. The molecule has 0 saturated heterocycles. The molecule has 0 rings (SSSR count). The van der Waals surface area contributed by atoms with Crippen LogP contribution in [0.25, 0.3) is 0 Å². The maximum atomic E-state index is 13.3. The largest absolute Gasteiger partial charge is 0.545 e. The van der Waals surface area contributed by atoms with Gasteiger partial charge >= 0.3 is 18.0 Å². The van der Waals surface area contributed by atoms with Gasteiger partial charge in [0.25, 0.3) is 0 Å². The highest BCUT2D eigenvalue weighted by Crippen LogP contribution is 2.50. The van der Waals surface area contributed by atoms with E-state index in [2.05, 4.69) is 0 Å². The number of carboxylic acids is 2. The van der Waals surface area contributed by atoms with E-state index in [4.69, 9.17) is 0 Å². The highest BCUT2D eigenvalue weighted by Gasteiger charge is 2.74. The topological polar surface area (TPSA) is 80.3 Å². The molecule has 0 saturated carbocycles. The van der Waals surface area contributed by atoms with Gasteiger partial charge in [0.05, 0.1) is 17.5 Å². The molecular weight excluding hydrogens is 317 g/mol. The Balaban J connectivity index is 6.56. The van der Waals surface area contributed by atoms with Crippen molar-refractivity contribution < 1.29 is 50.5 Å². The van der Waals surface area contributed by atoms with Crippen LogP contribution in [0.15, 0.2) is 11.1 Å². The second-order valence-electron chi connectivity index (χ2n) is 4.16. The molecule has 0 aliphatic rings. The van der Waals surface area contributed by atoms with Crippen LogP contribution in [0.2, 0.25) is 0 Å². The van der Waals surface area contributed by atoms with Gasteiger partial charge in [-0.15, -0.1) is 0 Å². The van der Waals surface area contributed by atoms with Crippen molar-refractivity contribution in [3.8, 4) is 0 Å². The van der Waals surface area contributed by atoms with Crippen LogP contribution in [0.5, 0.6) is 0 Å². The predicted octanol–water partition coefficient (Wildman–Crippen LogP) is 0.272. The van der Waals surface area contributed by atoms with E-state index < -0.39 is 47.0 Å². The van der Waals surface area contributed by atoms with Gasteiger partial charge in [-0.05, 0) is 11.5 Å². The van der Waals surface area contributed by atoms with Crippen LogP contribution in [0.4, 0.5) is 30.7 Å². The lowest BCUT2D eigenvalue weighted by molar-refractivity contribution is -0.350. The third-order valence-corrected chi connectivity index (χ3v) is 2.34. The van der Waals surface area contributed by atoms with E-state index in [1.807, 2.05) is 0 Å². The van der Waals surface area contributed by atoms with E-state index in [-0.39, 0.29) is 0 Å². The molecule has 0 aromatic carbocycles. The van der Waals surface area contributed by atoms with E-state index in [0.717, 1.165) is 13.8 Å². The quantitative estimate of drug-likeness (QED) is 0.537. The summed E-state index contributed by atoms with van der Waals surface area (Å²) in [6.45, 7) is 1.58. The first-order valence-corrected chi connectivity index (χ1v) is 5.08. The Hall–Kier alpha value is -1.81. The van der Waals surface area contributed by atoms with Crippen molar-refractivity contribution in [2.75, 3.05) is 0 Å². The van der Waals surface area contributed by atoms with Crippen molar-refractivity contribution in [2.24, 2.45) is 5.92 Å². The second-order valence-corrected chi connectivity index (χ2v) is 4.16. The zero-order valence-corrected chi connectivity index (χ0v) is 10.4. The van der Waals surface area contributed by atoms with Crippen LogP contribution < -0.4 is 10.2 Å². The minimum absolute atomic E-state index is 0.788. The molecular formula is C10H7F7O4-2. The van der Waals surface area contributed by atoms with E-state index in [0.29, 0.717) is 0 Å². The highest BCUT2D eigenvalue weighted by atomic mass is 19.4. The summed E-state index contributed by atoms with van der Waals surface area (Å²) in [7, 11) is 0. The van der Waals surface area contributed by atoms with Gasteiger partial charge in [0.1, 0.15) is 0 Å². The monoisotopic (exact) mass is 324 g/mol. The molecule has 0 N–H and O–H groups in total. The number of rotatable bonds is 5. The molecule has 21 heavy (non-hydrogen) atoms. The smallest absolute Gasteiger partial charge is 0.460 e. The molecule has 0 aliphatic heterocycles. The van der Waals surface area contributed by atoms with Crippen molar-refractivity contribution >= 4 is 11.9 Å². The van der Waals surface area contributed by atoms with Gasteiger partial charge in [0.2, 0.25) is 0 Å². The molecule has 0 aromatic rings. The summed E-state index contributed by atoms with van der Waals surface area (Å²) in [6, 6.07) is 0. The van der Waals surface area contributed by atoms with E-state index in [1.54, 1.807) is 0 Å². The molecule has 0 aliphatic carbocycles. The maximum Gasteiger partial charge on any atom is 0.460 e. The average molecular weight is 324 g/mol. The summed E-state index contributed by atoms with van der Waals surface area (Å²) < 4.78 is 88.2. The van der Waals surface area contributed by atoms with Crippen LogP contribution in [0.3, 0.4) is 0 Å². The fourth-order valence-corrected chi connectivity index (χ4v) is 1.37. The summed E-state index contributed by atoms with van der Waals surface area (Å²) in [4.78, 5) is 21.1. The Kier molecular flexibility index (Phi) is 5.05. The highest BCUT2D eigenvalue weighted by molar-refractivity contribution is 5.98. The molecule has 0 aromatic heterocycles. The standard InChI is InChI=1S/C10H9F7O4/c1-3(2)4(6(18)19)5(7(20)21)8(11,12)9(13,14)10(15,16)17/h3H,1-2H3,(H,18,19)(H,20,21)/p-2/b5-4-. The number of hydrogen-bond donors (Lipinski definition) is 0. The van der Waals surface area contributed by atoms with Crippen LogP contribution >= 0.6 is 0 Å². The maximum absolute atomic E-state index is 13.3. The Labute approximate surface area is 112 Å². The van der Waals surface area contributed by atoms with Crippen LogP contribution in [0.1, 0.15) is 13.8 Å². The fraction of sp³-hybridized carbons (Fsp3) is 0.600. The molecule has 0 bridgehead atoms. The van der Waals surface area contributed by atoms with Crippen LogP contribution in [-0.2, 0) is 9.59 Å². The molecule has 4 nitrogen and oxygen atoms in total. The lowest BCUT2D eigenvalue weighted by Gasteiger charge is -2.33. The molecule has 0 heterocycles. The number of halogens is 7. The Morgan fingerprint density at radius 2 is 1.24 bits per heavy atom. The normalized spacial score (nSPS) is 15.0.